The van der Waals surface area contributed by atoms with E-state index in [1.54, 1.807) is 0 Å². The molecule has 1 aromatic heterocycles. The summed E-state index contributed by atoms with van der Waals surface area (Å²) < 4.78 is 0. The molecule has 0 bridgehead atoms. The Morgan fingerprint density at radius 2 is 1.62 bits per heavy atom. The highest BCUT2D eigenvalue weighted by molar-refractivity contribution is 9.09. The number of pyridine rings is 1. The quantitative estimate of drug-likeness (QED) is 0.367. The van der Waals surface area contributed by atoms with Gasteiger partial charge in [-0.05, 0) is 49.1 Å². The fourth-order valence-corrected chi connectivity index (χ4v) is 3.41. The summed E-state index contributed by atoms with van der Waals surface area (Å²) in [5, 5.41) is 1.12. The first-order valence-corrected chi connectivity index (χ1v) is 10.2. The number of aryl methyl sites for hydroxylation is 1. The lowest BCUT2D eigenvalue weighted by atomic mass is 10.0. The number of alkyl halides is 1. The molecule has 0 aliphatic heterocycles. The summed E-state index contributed by atoms with van der Waals surface area (Å²) in [6.45, 7) is 5.31. The lowest BCUT2D eigenvalue weighted by Crippen LogP contribution is -2.25. The van der Waals surface area contributed by atoms with Gasteiger partial charge in [0.25, 0.3) is 0 Å². The third-order valence-corrected chi connectivity index (χ3v) is 4.92. The Hall–Kier alpha value is -1.19. The summed E-state index contributed by atoms with van der Waals surface area (Å²) >= 11 is 3.52. The van der Waals surface area contributed by atoms with Crippen LogP contribution < -0.4 is 0 Å². The maximum Gasteiger partial charge on any atom is 0.0544 e. The van der Waals surface area contributed by atoms with E-state index in [0.717, 1.165) is 37.1 Å². The highest BCUT2D eigenvalue weighted by Crippen LogP contribution is 2.15. The summed E-state index contributed by atoms with van der Waals surface area (Å²) in [7, 11) is 0. The minimum atomic E-state index is 0.928. The molecule has 3 heteroatoms. The maximum absolute atomic E-state index is 4.51. The summed E-state index contributed by atoms with van der Waals surface area (Å²) in [4.78, 5) is 7.06. The fraction of sp³-hybridized carbons (Fsp3) is 0.476. The van der Waals surface area contributed by atoms with Gasteiger partial charge in [-0.25, -0.2) is 0 Å². The molecule has 0 atom stereocenters. The third kappa shape index (κ3) is 6.74. The smallest absolute Gasteiger partial charge is 0.0544 e. The van der Waals surface area contributed by atoms with E-state index in [1.807, 2.05) is 12.3 Å². The first-order chi connectivity index (χ1) is 11.8. The van der Waals surface area contributed by atoms with Crippen LogP contribution in [-0.2, 0) is 19.5 Å². The molecule has 2 aromatic rings. The Kier molecular flexibility index (Phi) is 9.07. The number of nitrogens with zero attached hydrogens (tertiary/aromatic N) is 2. The molecule has 0 unspecified atom stereocenters. The monoisotopic (exact) mass is 388 g/mol. The predicted octanol–water partition coefficient (Wildman–Crippen LogP) is 5.60. The Bertz CT molecular complexity index is 571. The van der Waals surface area contributed by atoms with Crippen LogP contribution in [0.4, 0.5) is 0 Å². The van der Waals surface area contributed by atoms with Gasteiger partial charge in [0.15, 0.2) is 0 Å². The number of hydrogen-bond acceptors (Lipinski definition) is 2. The van der Waals surface area contributed by atoms with Crippen molar-refractivity contribution < 1.29 is 0 Å². The Morgan fingerprint density at radius 1 is 0.875 bits per heavy atom. The van der Waals surface area contributed by atoms with Gasteiger partial charge in [-0.3, -0.25) is 9.88 Å². The zero-order valence-electron chi connectivity index (χ0n) is 14.8. The van der Waals surface area contributed by atoms with Gasteiger partial charge in [0.2, 0.25) is 0 Å². The molecule has 1 aromatic carbocycles. The number of aromatic nitrogens is 1. The summed E-state index contributed by atoms with van der Waals surface area (Å²) in [6, 6.07) is 15.0. The van der Waals surface area contributed by atoms with Crippen LogP contribution in [0.2, 0.25) is 0 Å². The minimum Gasteiger partial charge on any atom is -0.293 e. The molecule has 0 N–H and O–H groups in total. The van der Waals surface area contributed by atoms with Crippen molar-refractivity contribution in [1.82, 2.24) is 9.88 Å². The molecular weight excluding hydrogens is 360 g/mol. The highest BCUT2D eigenvalue weighted by Gasteiger charge is 2.10. The van der Waals surface area contributed by atoms with Crippen LogP contribution in [0, 0.1) is 0 Å². The van der Waals surface area contributed by atoms with Gasteiger partial charge < -0.3 is 0 Å². The summed E-state index contributed by atoms with van der Waals surface area (Å²) in [5.74, 6) is 0. The van der Waals surface area contributed by atoms with E-state index in [4.69, 9.17) is 0 Å². The topological polar surface area (TPSA) is 16.1 Å². The molecule has 0 fully saturated rings. The lowest BCUT2D eigenvalue weighted by molar-refractivity contribution is 0.247. The molecule has 0 saturated carbocycles. The first-order valence-electron chi connectivity index (χ1n) is 9.08. The second-order valence-electron chi connectivity index (χ2n) is 6.26. The molecule has 0 amide bonds. The number of rotatable bonds is 11. The van der Waals surface area contributed by atoms with Crippen LogP contribution in [0.1, 0.15) is 49.4 Å². The minimum absolute atomic E-state index is 0.928. The predicted molar refractivity (Wildman–Crippen MR) is 106 cm³/mol. The first kappa shape index (κ1) is 19.1. The Labute approximate surface area is 155 Å². The second kappa shape index (κ2) is 11.4. The van der Waals surface area contributed by atoms with Gasteiger partial charge in [-0.15, -0.1) is 0 Å². The molecule has 24 heavy (non-hydrogen) atoms. The Balaban J connectivity index is 1.98. The molecule has 1 heterocycles. The maximum atomic E-state index is 4.51. The largest absolute Gasteiger partial charge is 0.293 e. The van der Waals surface area contributed by atoms with Gasteiger partial charge in [0.1, 0.15) is 0 Å². The normalized spacial score (nSPS) is 11.1. The molecular formula is C21H29BrN2. The average Bonchev–Trinajstić information content (AvgIpc) is 2.62. The van der Waals surface area contributed by atoms with Crippen molar-refractivity contribution in [2.75, 3.05) is 11.9 Å². The zero-order valence-corrected chi connectivity index (χ0v) is 16.3. The van der Waals surface area contributed by atoms with E-state index >= 15 is 0 Å². The molecule has 0 aliphatic rings. The van der Waals surface area contributed by atoms with Crippen molar-refractivity contribution >= 4 is 15.9 Å². The number of benzene rings is 1. The van der Waals surface area contributed by atoms with Gasteiger partial charge in [0, 0.05) is 24.6 Å². The lowest BCUT2D eigenvalue weighted by Gasteiger charge is -2.23. The number of halogens is 1. The fourth-order valence-electron chi connectivity index (χ4n) is 3.02. The van der Waals surface area contributed by atoms with E-state index in [2.05, 4.69) is 69.1 Å². The second-order valence-corrected chi connectivity index (χ2v) is 7.05. The van der Waals surface area contributed by atoms with E-state index in [-0.39, 0.29) is 0 Å². The van der Waals surface area contributed by atoms with Gasteiger partial charge in [-0.2, -0.15) is 0 Å². The van der Waals surface area contributed by atoms with E-state index < -0.39 is 0 Å². The van der Waals surface area contributed by atoms with E-state index in [0.29, 0.717) is 0 Å². The van der Waals surface area contributed by atoms with E-state index in [1.165, 1.54) is 36.8 Å². The van der Waals surface area contributed by atoms with Crippen LogP contribution in [0.25, 0.3) is 0 Å². The van der Waals surface area contributed by atoms with Crippen molar-refractivity contribution in [1.29, 1.82) is 0 Å². The highest BCUT2D eigenvalue weighted by atomic mass is 79.9. The van der Waals surface area contributed by atoms with Gasteiger partial charge >= 0.3 is 0 Å². The molecule has 130 valence electrons. The molecule has 2 nitrogen and oxygen atoms in total. The van der Waals surface area contributed by atoms with Crippen LogP contribution in [0.3, 0.4) is 0 Å². The van der Waals surface area contributed by atoms with Crippen molar-refractivity contribution in [3.63, 3.8) is 0 Å². The Morgan fingerprint density at radius 3 is 2.33 bits per heavy atom. The molecule has 2 rings (SSSR count). The molecule has 0 aliphatic carbocycles. The average molecular weight is 389 g/mol. The van der Waals surface area contributed by atoms with Crippen molar-refractivity contribution in [3.8, 4) is 0 Å². The van der Waals surface area contributed by atoms with Crippen molar-refractivity contribution in [2.45, 2.75) is 52.1 Å². The van der Waals surface area contributed by atoms with Crippen LogP contribution >= 0.6 is 15.9 Å². The molecule has 0 spiro atoms. The van der Waals surface area contributed by atoms with E-state index in [9.17, 15) is 0 Å². The molecule has 0 saturated heterocycles. The third-order valence-electron chi connectivity index (χ3n) is 4.36. The van der Waals surface area contributed by atoms with Crippen molar-refractivity contribution in [2.24, 2.45) is 0 Å². The SMILES string of the molecule is CCc1ccccc1CN(CCCCCCBr)Cc1ccccn1. The number of unbranched alkanes of at least 4 members (excludes halogenated alkanes) is 3. The van der Waals surface area contributed by atoms with Gasteiger partial charge in [-0.1, -0.05) is 66.0 Å². The van der Waals surface area contributed by atoms with Crippen LogP contribution in [0.5, 0.6) is 0 Å². The van der Waals surface area contributed by atoms with Crippen LogP contribution in [-0.4, -0.2) is 21.8 Å². The number of hydrogen-bond donors (Lipinski definition) is 0. The van der Waals surface area contributed by atoms with Gasteiger partial charge in [0.05, 0.1) is 5.69 Å². The molecule has 0 radical (unpaired) electrons. The van der Waals surface area contributed by atoms with Crippen LogP contribution in [0.15, 0.2) is 48.7 Å². The summed E-state index contributed by atoms with van der Waals surface area (Å²) in [6.07, 6.45) is 8.14. The zero-order chi connectivity index (χ0) is 17.0. The van der Waals surface area contributed by atoms with Crippen molar-refractivity contribution in [3.05, 3.63) is 65.5 Å². The summed E-state index contributed by atoms with van der Waals surface area (Å²) in [5.41, 5.74) is 4.08. The standard InChI is InChI=1S/C21H29BrN2/c1-2-19-11-5-6-12-20(19)17-24(16-10-4-3-8-14-22)18-21-13-7-9-15-23-21/h5-7,9,11-13,15H,2-4,8,10,14,16-18H2,1H3.